The highest BCUT2D eigenvalue weighted by Crippen LogP contribution is 2.36. The fourth-order valence-corrected chi connectivity index (χ4v) is 3.89. The minimum absolute atomic E-state index is 0.0427. The van der Waals surface area contributed by atoms with E-state index >= 15 is 0 Å². The molecule has 0 spiro atoms. The number of nitrogens with zero attached hydrogens (tertiary/aromatic N) is 2. The number of esters is 1. The number of hydrogen-bond donors (Lipinski definition) is 1. The van der Waals surface area contributed by atoms with Crippen LogP contribution in [-0.4, -0.2) is 73.6 Å². The van der Waals surface area contributed by atoms with E-state index in [0.717, 1.165) is 19.6 Å². The van der Waals surface area contributed by atoms with Crippen LogP contribution in [-0.2, 0) is 20.9 Å². The van der Waals surface area contributed by atoms with E-state index in [0.29, 0.717) is 13.1 Å². The Morgan fingerprint density at radius 1 is 1.09 bits per heavy atom. The molecule has 1 atom stereocenters. The van der Waals surface area contributed by atoms with Crippen molar-refractivity contribution >= 4 is 29.4 Å². The van der Waals surface area contributed by atoms with Crippen molar-refractivity contribution in [3.63, 3.8) is 0 Å². The Balaban J connectivity index is 1.56. The Labute approximate surface area is 203 Å². The summed E-state index contributed by atoms with van der Waals surface area (Å²) in [7, 11) is 1.36. The van der Waals surface area contributed by atoms with Crippen LogP contribution in [0, 0.1) is 0 Å². The summed E-state index contributed by atoms with van der Waals surface area (Å²) in [5.41, 5.74) is 6.40. The van der Waals surface area contributed by atoms with Gasteiger partial charge in [0.2, 0.25) is 0 Å². The van der Waals surface area contributed by atoms with E-state index in [4.69, 9.17) is 31.5 Å². The zero-order chi connectivity index (χ0) is 24.7. The van der Waals surface area contributed by atoms with Gasteiger partial charge < -0.3 is 24.8 Å². The number of carbonyl (C=O) groups excluding carboxylic acids is 3. The number of primary amides is 1. The topological polar surface area (TPSA) is 111 Å². The first-order valence-corrected chi connectivity index (χ1v) is 11.2. The fraction of sp³-hybridized carbons (Fsp3) is 0.375. The van der Waals surface area contributed by atoms with Gasteiger partial charge in [0.25, 0.3) is 11.8 Å². The fourth-order valence-electron chi connectivity index (χ4n) is 3.63. The molecule has 2 aromatic rings. The van der Waals surface area contributed by atoms with Crippen molar-refractivity contribution in [2.24, 2.45) is 5.73 Å². The van der Waals surface area contributed by atoms with Crippen LogP contribution in [0.5, 0.6) is 11.5 Å². The molecule has 1 fully saturated rings. The molecule has 9 nitrogen and oxygen atoms in total. The number of piperazine rings is 1. The molecule has 0 saturated carbocycles. The minimum atomic E-state index is -0.969. The summed E-state index contributed by atoms with van der Waals surface area (Å²) < 4.78 is 15.8. The van der Waals surface area contributed by atoms with Gasteiger partial charge in [0.05, 0.1) is 17.7 Å². The monoisotopic (exact) mass is 489 g/mol. The Hall–Kier alpha value is -3.30. The summed E-state index contributed by atoms with van der Waals surface area (Å²) in [5, 5.41) is 0.0427. The zero-order valence-electron chi connectivity index (χ0n) is 19.2. The molecular formula is C24H28ClN3O6. The molecule has 2 amide bonds. The molecular weight excluding hydrogens is 462 g/mol. The Bertz CT molecular complexity index is 1020. The van der Waals surface area contributed by atoms with Gasteiger partial charge in [-0.2, -0.15) is 0 Å². The maximum Gasteiger partial charge on any atom is 0.339 e. The van der Waals surface area contributed by atoms with E-state index in [1.54, 1.807) is 11.8 Å². The quantitative estimate of drug-likeness (QED) is 0.537. The number of carbonyl (C=O) groups is 3. The van der Waals surface area contributed by atoms with Crippen molar-refractivity contribution in [1.29, 1.82) is 0 Å². The van der Waals surface area contributed by atoms with Crippen LogP contribution in [0.15, 0.2) is 42.5 Å². The lowest BCUT2D eigenvalue weighted by Crippen LogP contribution is -2.51. The molecule has 0 aliphatic carbocycles. The van der Waals surface area contributed by atoms with Gasteiger partial charge >= 0.3 is 5.97 Å². The highest BCUT2D eigenvalue weighted by atomic mass is 35.5. The predicted octanol–water partition coefficient (Wildman–Crippen LogP) is 2.10. The molecule has 1 aliphatic heterocycles. The van der Waals surface area contributed by atoms with E-state index in [2.05, 4.69) is 17.0 Å². The summed E-state index contributed by atoms with van der Waals surface area (Å²) >= 11 is 6.19. The normalized spacial score (nSPS) is 14.9. The average Bonchev–Trinajstić information content (AvgIpc) is 2.83. The molecule has 0 bridgehead atoms. The second-order valence-corrected chi connectivity index (χ2v) is 8.29. The standard InChI is InChI=1S/C24H28ClN3O6/c1-16(23(30)28-10-8-27(9-11-28)14-17-6-4-3-5-7-17)34-24(31)18-12-19(25)22(20(13-18)32-2)33-15-21(26)29/h3-7,12-13,16H,8-11,14-15H2,1-2H3,(H2,26,29). The van der Waals surface area contributed by atoms with Crippen molar-refractivity contribution in [2.45, 2.75) is 19.6 Å². The molecule has 2 aromatic carbocycles. The molecule has 34 heavy (non-hydrogen) atoms. The van der Waals surface area contributed by atoms with Gasteiger partial charge in [-0.05, 0) is 24.6 Å². The van der Waals surface area contributed by atoms with Gasteiger partial charge in [-0.15, -0.1) is 0 Å². The predicted molar refractivity (Wildman–Crippen MR) is 126 cm³/mol. The van der Waals surface area contributed by atoms with E-state index < -0.39 is 24.6 Å². The molecule has 10 heteroatoms. The smallest absolute Gasteiger partial charge is 0.339 e. The van der Waals surface area contributed by atoms with Crippen molar-refractivity contribution in [3.8, 4) is 11.5 Å². The second kappa shape index (κ2) is 11.7. The van der Waals surface area contributed by atoms with Gasteiger partial charge in [-0.3, -0.25) is 14.5 Å². The lowest BCUT2D eigenvalue weighted by Gasteiger charge is -2.35. The number of rotatable bonds is 9. The molecule has 3 rings (SSSR count). The van der Waals surface area contributed by atoms with Gasteiger partial charge in [0.1, 0.15) is 0 Å². The Kier molecular flexibility index (Phi) is 8.72. The molecule has 2 N–H and O–H groups in total. The summed E-state index contributed by atoms with van der Waals surface area (Å²) in [4.78, 5) is 40.5. The van der Waals surface area contributed by atoms with Crippen LogP contribution in [0.1, 0.15) is 22.8 Å². The minimum Gasteiger partial charge on any atom is -0.493 e. The summed E-state index contributed by atoms with van der Waals surface area (Å²) in [6.07, 6.45) is -0.969. The summed E-state index contributed by atoms with van der Waals surface area (Å²) in [6, 6.07) is 12.9. The van der Waals surface area contributed by atoms with Crippen LogP contribution >= 0.6 is 11.6 Å². The first kappa shape index (κ1) is 25.3. The first-order chi connectivity index (χ1) is 16.3. The third-order valence-electron chi connectivity index (χ3n) is 5.39. The summed E-state index contributed by atoms with van der Waals surface area (Å²) in [6.45, 7) is 4.55. The molecule has 1 heterocycles. The number of ether oxygens (including phenoxy) is 3. The molecule has 1 unspecified atom stereocenters. The number of amides is 2. The third kappa shape index (κ3) is 6.61. The number of hydrogen-bond acceptors (Lipinski definition) is 7. The number of methoxy groups -OCH3 is 1. The van der Waals surface area contributed by atoms with Crippen molar-refractivity contribution < 1.29 is 28.6 Å². The summed E-state index contributed by atoms with van der Waals surface area (Å²) in [5.74, 6) is -1.46. The highest BCUT2D eigenvalue weighted by Gasteiger charge is 2.28. The van der Waals surface area contributed by atoms with E-state index in [-0.39, 0.29) is 28.0 Å². The molecule has 1 aliphatic rings. The van der Waals surface area contributed by atoms with Crippen LogP contribution in [0.3, 0.4) is 0 Å². The number of halogens is 1. The molecule has 1 saturated heterocycles. The van der Waals surface area contributed by atoms with Gasteiger partial charge in [0, 0.05) is 32.7 Å². The maximum absolute atomic E-state index is 12.8. The van der Waals surface area contributed by atoms with E-state index in [1.165, 1.54) is 24.8 Å². The van der Waals surface area contributed by atoms with Crippen molar-refractivity contribution in [2.75, 3.05) is 39.9 Å². The molecule has 182 valence electrons. The Morgan fingerprint density at radius 2 is 1.76 bits per heavy atom. The highest BCUT2D eigenvalue weighted by molar-refractivity contribution is 6.32. The second-order valence-electron chi connectivity index (χ2n) is 7.88. The van der Waals surface area contributed by atoms with Gasteiger partial charge in [0.15, 0.2) is 24.2 Å². The number of nitrogens with two attached hydrogens (primary N) is 1. The van der Waals surface area contributed by atoms with Crippen LogP contribution in [0.4, 0.5) is 0 Å². The average molecular weight is 490 g/mol. The number of benzene rings is 2. The van der Waals surface area contributed by atoms with E-state index in [1.807, 2.05) is 18.2 Å². The lowest BCUT2D eigenvalue weighted by atomic mass is 10.2. The van der Waals surface area contributed by atoms with Gasteiger partial charge in [-0.1, -0.05) is 41.9 Å². The maximum atomic E-state index is 12.8. The molecule has 0 radical (unpaired) electrons. The third-order valence-corrected chi connectivity index (χ3v) is 5.67. The SMILES string of the molecule is COc1cc(C(=O)OC(C)C(=O)N2CCN(Cc3ccccc3)CC2)cc(Cl)c1OCC(N)=O. The molecule has 0 aromatic heterocycles. The van der Waals surface area contributed by atoms with Crippen LogP contribution in [0.25, 0.3) is 0 Å². The lowest BCUT2D eigenvalue weighted by molar-refractivity contribution is -0.141. The largest absolute Gasteiger partial charge is 0.493 e. The first-order valence-electron chi connectivity index (χ1n) is 10.8. The van der Waals surface area contributed by atoms with E-state index in [9.17, 15) is 14.4 Å². The van der Waals surface area contributed by atoms with Crippen molar-refractivity contribution in [1.82, 2.24) is 9.80 Å². The zero-order valence-corrected chi connectivity index (χ0v) is 19.9. The van der Waals surface area contributed by atoms with Crippen molar-refractivity contribution in [3.05, 3.63) is 58.6 Å². The van der Waals surface area contributed by atoms with Crippen LogP contribution < -0.4 is 15.2 Å². The Morgan fingerprint density at radius 3 is 2.38 bits per heavy atom. The van der Waals surface area contributed by atoms with Gasteiger partial charge in [-0.25, -0.2) is 4.79 Å². The van der Waals surface area contributed by atoms with Crippen LogP contribution in [0.2, 0.25) is 5.02 Å².